The van der Waals surface area contributed by atoms with Gasteiger partial charge in [0.15, 0.2) is 0 Å². The minimum Gasteiger partial charge on any atom is -0.508 e. The number of phenolic OH excluding ortho intramolecular Hbond substituents is 1. The molecule has 1 rings (SSSR count). The van der Waals surface area contributed by atoms with Gasteiger partial charge in [0.2, 0.25) is 0 Å². The predicted octanol–water partition coefficient (Wildman–Crippen LogP) is 4.37. The molecule has 0 bridgehead atoms. The third-order valence-corrected chi connectivity index (χ3v) is 3.12. The van der Waals surface area contributed by atoms with Crippen LogP contribution in [0.3, 0.4) is 0 Å². The van der Waals surface area contributed by atoms with E-state index in [9.17, 15) is 5.11 Å². The molecule has 12 heavy (non-hydrogen) atoms. The van der Waals surface area contributed by atoms with Gasteiger partial charge in [-0.3, -0.25) is 0 Å². The van der Waals surface area contributed by atoms with Crippen molar-refractivity contribution in [3.05, 3.63) is 29.8 Å². The summed E-state index contributed by atoms with van der Waals surface area (Å²) in [5.74, 6) is 0.184. The van der Waals surface area contributed by atoms with Crippen molar-refractivity contribution in [3.8, 4) is 5.75 Å². The molecule has 0 atom stereocenters. The molecule has 0 saturated heterocycles. The normalized spacial score (nSPS) is 11.6. The maximum atomic E-state index is 9.32. The fourth-order valence-corrected chi connectivity index (χ4v) is 2.65. The summed E-state index contributed by atoms with van der Waals surface area (Å²) in [6, 6.07) is 6.86. The lowest BCUT2D eigenvalue weighted by molar-refractivity contribution is 0.470. The minimum atomic E-state index is -2.41. The van der Waals surface area contributed by atoms with Crippen LogP contribution in [-0.2, 0) is 6.16 Å². The van der Waals surface area contributed by atoms with Crippen LogP contribution >= 0.6 is 39.0 Å². The molecule has 0 aliphatic heterocycles. The molecular formula is C7H7Cl3OP+. The van der Waals surface area contributed by atoms with Gasteiger partial charge in [-0.15, -0.1) is 0 Å². The summed E-state index contributed by atoms with van der Waals surface area (Å²) >= 11 is 17.0. The Bertz CT molecular complexity index is 272. The Morgan fingerprint density at radius 3 is 2.25 bits per heavy atom. The molecule has 0 heterocycles. The first-order chi connectivity index (χ1) is 5.49. The van der Waals surface area contributed by atoms with E-state index in [4.69, 9.17) is 33.7 Å². The number of halogens is 3. The predicted molar refractivity (Wildman–Crippen MR) is 56.3 cm³/mol. The fraction of sp³-hybridized carbons (Fsp3) is 0.143. The summed E-state index contributed by atoms with van der Waals surface area (Å²) in [6.07, 6.45) is 0.324. The van der Waals surface area contributed by atoms with Crippen LogP contribution in [0.5, 0.6) is 5.75 Å². The molecule has 1 aromatic carbocycles. The first-order valence-corrected chi connectivity index (χ1v) is 7.92. The number of hydrogen-bond acceptors (Lipinski definition) is 1. The van der Waals surface area contributed by atoms with Gasteiger partial charge in [0.05, 0.1) is 0 Å². The van der Waals surface area contributed by atoms with Gasteiger partial charge in [-0.25, -0.2) is 0 Å². The second-order valence-electron chi connectivity index (χ2n) is 2.34. The van der Waals surface area contributed by atoms with E-state index < -0.39 is 5.32 Å². The average Bonchev–Trinajstić information content (AvgIpc) is 1.91. The van der Waals surface area contributed by atoms with Crippen LogP contribution in [-0.4, -0.2) is 5.11 Å². The highest BCUT2D eigenvalue weighted by atomic mass is 36.1. The van der Waals surface area contributed by atoms with Gasteiger partial charge >= 0.3 is 5.32 Å². The van der Waals surface area contributed by atoms with Gasteiger partial charge in [0.25, 0.3) is 0 Å². The minimum absolute atomic E-state index is 0.184. The van der Waals surface area contributed by atoms with Crippen LogP contribution in [0.2, 0.25) is 0 Å². The number of aromatic hydroxyl groups is 1. The van der Waals surface area contributed by atoms with Gasteiger partial charge in [0, 0.05) is 5.56 Å². The summed E-state index contributed by atoms with van der Waals surface area (Å²) in [5, 5.41) is 6.91. The first kappa shape index (κ1) is 10.4. The van der Waals surface area contributed by atoms with E-state index in [1.165, 1.54) is 0 Å². The molecule has 0 saturated carbocycles. The molecule has 0 unspecified atom stereocenters. The molecule has 1 aromatic rings. The quantitative estimate of drug-likeness (QED) is 0.766. The van der Waals surface area contributed by atoms with Crippen LogP contribution < -0.4 is 0 Å². The summed E-state index contributed by atoms with van der Waals surface area (Å²) < 4.78 is 0. The molecule has 0 fully saturated rings. The highest BCUT2D eigenvalue weighted by Crippen LogP contribution is 2.76. The highest BCUT2D eigenvalue weighted by molar-refractivity contribution is 8.32. The third-order valence-electron chi connectivity index (χ3n) is 1.34. The third kappa shape index (κ3) is 3.37. The monoisotopic (exact) mass is 243 g/mol. The molecule has 5 heteroatoms. The Balaban J connectivity index is 2.83. The van der Waals surface area contributed by atoms with Crippen LogP contribution in [0, 0.1) is 0 Å². The van der Waals surface area contributed by atoms with Gasteiger partial charge in [-0.05, 0) is 6.07 Å². The number of para-hydroxylation sites is 1. The fourth-order valence-electron chi connectivity index (χ4n) is 0.838. The maximum absolute atomic E-state index is 9.32. The average molecular weight is 244 g/mol. The van der Waals surface area contributed by atoms with Crippen LogP contribution in [0.4, 0.5) is 0 Å². The molecule has 0 aliphatic carbocycles. The molecule has 0 amide bonds. The van der Waals surface area contributed by atoms with Crippen molar-refractivity contribution < 1.29 is 5.11 Å². The van der Waals surface area contributed by atoms with E-state index in [0.717, 1.165) is 0 Å². The highest BCUT2D eigenvalue weighted by Gasteiger charge is 2.33. The molecule has 0 aromatic heterocycles. The Morgan fingerprint density at radius 1 is 1.17 bits per heavy atom. The molecular weight excluding hydrogens is 237 g/mol. The number of benzene rings is 1. The maximum Gasteiger partial charge on any atom is 0.312 e. The standard InChI is InChI=1S/C7H6Cl3OP/c8-12(9,10)5-6-3-1-2-4-7(6)11/h1-4H,5H2/p+1. The lowest BCUT2D eigenvalue weighted by Gasteiger charge is -2.02. The van der Waals surface area contributed by atoms with E-state index in [1.807, 2.05) is 0 Å². The van der Waals surface area contributed by atoms with E-state index in [2.05, 4.69) is 0 Å². The van der Waals surface area contributed by atoms with E-state index in [-0.39, 0.29) is 5.75 Å². The smallest absolute Gasteiger partial charge is 0.312 e. The van der Waals surface area contributed by atoms with Crippen molar-refractivity contribution >= 4 is 39.0 Å². The van der Waals surface area contributed by atoms with Gasteiger partial charge in [-0.1, -0.05) is 18.2 Å². The Morgan fingerprint density at radius 2 is 1.75 bits per heavy atom. The number of phenols is 1. The Labute approximate surface area is 86.0 Å². The summed E-state index contributed by atoms with van der Waals surface area (Å²) in [7, 11) is 0. The zero-order valence-electron chi connectivity index (χ0n) is 6.04. The van der Waals surface area contributed by atoms with Gasteiger partial charge < -0.3 is 5.11 Å². The van der Waals surface area contributed by atoms with Gasteiger partial charge in [-0.2, -0.15) is 0 Å². The molecule has 1 nitrogen and oxygen atoms in total. The summed E-state index contributed by atoms with van der Waals surface area (Å²) in [5.41, 5.74) is 0.686. The van der Waals surface area contributed by atoms with Gasteiger partial charge in [0.1, 0.15) is 45.6 Å². The van der Waals surface area contributed by atoms with Crippen LogP contribution in [0.25, 0.3) is 0 Å². The topological polar surface area (TPSA) is 20.2 Å². The zero-order chi connectivity index (χ0) is 9.19. The van der Waals surface area contributed by atoms with Crippen LogP contribution in [0.1, 0.15) is 5.56 Å². The summed E-state index contributed by atoms with van der Waals surface area (Å²) in [6.45, 7) is 0. The van der Waals surface area contributed by atoms with Crippen molar-refractivity contribution in [3.63, 3.8) is 0 Å². The van der Waals surface area contributed by atoms with E-state index in [0.29, 0.717) is 11.7 Å². The Hall–Kier alpha value is 0.320. The molecule has 0 radical (unpaired) electrons. The number of hydrogen-bond donors (Lipinski definition) is 1. The zero-order valence-corrected chi connectivity index (χ0v) is 9.21. The van der Waals surface area contributed by atoms with Crippen molar-refractivity contribution in [1.29, 1.82) is 0 Å². The Kier molecular flexibility index (Phi) is 3.48. The van der Waals surface area contributed by atoms with Crippen molar-refractivity contribution in [2.24, 2.45) is 0 Å². The molecule has 66 valence electrons. The largest absolute Gasteiger partial charge is 0.508 e. The molecule has 0 spiro atoms. The molecule has 0 aliphatic rings. The second-order valence-corrected chi connectivity index (χ2v) is 10.5. The summed E-state index contributed by atoms with van der Waals surface area (Å²) in [4.78, 5) is 0. The SMILES string of the molecule is Oc1ccccc1C[P+](Cl)(Cl)Cl. The van der Waals surface area contributed by atoms with Crippen molar-refractivity contribution in [1.82, 2.24) is 0 Å². The molecule has 1 N–H and O–H groups in total. The first-order valence-electron chi connectivity index (χ1n) is 3.23. The second kappa shape index (κ2) is 4.02. The van der Waals surface area contributed by atoms with E-state index >= 15 is 0 Å². The van der Waals surface area contributed by atoms with Crippen molar-refractivity contribution in [2.45, 2.75) is 6.16 Å². The lowest BCUT2D eigenvalue weighted by Crippen LogP contribution is -1.81. The lowest BCUT2D eigenvalue weighted by atomic mass is 10.2. The van der Waals surface area contributed by atoms with E-state index in [1.54, 1.807) is 24.3 Å². The number of rotatable bonds is 2. The van der Waals surface area contributed by atoms with Crippen LogP contribution in [0.15, 0.2) is 24.3 Å². The van der Waals surface area contributed by atoms with Crippen molar-refractivity contribution in [2.75, 3.05) is 0 Å².